The van der Waals surface area contributed by atoms with Gasteiger partial charge < -0.3 is 15.3 Å². The maximum atomic E-state index is 13.7. The number of benzene rings is 2. The number of thioether (sulfide) groups is 1. The van der Waals surface area contributed by atoms with Crippen LogP contribution in [0.15, 0.2) is 53.4 Å². The summed E-state index contributed by atoms with van der Waals surface area (Å²) in [5.41, 5.74) is 2.84. The quantitative estimate of drug-likeness (QED) is 0.676. The topological polar surface area (TPSA) is 69.6 Å². The zero-order valence-electron chi connectivity index (χ0n) is 18.9. The molecular formula is C25H32N2O3S. The number of hydrogen-bond acceptors (Lipinski definition) is 4. The van der Waals surface area contributed by atoms with Gasteiger partial charge in [-0.05, 0) is 57.9 Å². The molecule has 3 rings (SSSR count). The molecule has 1 aliphatic rings. The molecule has 6 heteroatoms. The standard InChI is InChI=1S/C25H32N2O3S/c1-16(2)26-24(30)25(31-21-12-6-18(5)7-13-21)14-22(29)27(17(3)4)23(25)20-10-8-19(15-28)9-11-20/h6-13,16-17,23,28H,14-15H2,1-5H3,(H,26,30)/t23-,25-/m1/s1. The van der Waals surface area contributed by atoms with Crippen LogP contribution in [0.4, 0.5) is 0 Å². The first-order valence-electron chi connectivity index (χ1n) is 10.8. The van der Waals surface area contributed by atoms with E-state index in [1.807, 2.05) is 88.0 Å². The minimum absolute atomic E-state index is 0.0234. The molecule has 0 spiro atoms. The molecular weight excluding hydrogens is 408 g/mol. The molecule has 31 heavy (non-hydrogen) atoms. The van der Waals surface area contributed by atoms with E-state index in [0.29, 0.717) is 0 Å². The Hall–Kier alpha value is -2.31. The molecule has 2 atom stereocenters. The second-order valence-electron chi connectivity index (χ2n) is 8.81. The van der Waals surface area contributed by atoms with Gasteiger partial charge in [-0.2, -0.15) is 0 Å². The summed E-state index contributed by atoms with van der Waals surface area (Å²) in [6.07, 6.45) is 0.134. The molecule has 166 valence electrons. The number of carbonyl (C=O) groups is 2. The van der Waals surface area contributed by atoms with E-state index in [4.69, 9.17) is 0 Å². The molecule has 2 aromatic rings. The zero-order valence-corrected chi connectivity index (χ0v) is 19.7. The summed E-state index contributed by atoms with van der Waals surface area (Å²) in [5, 5.41) is 12.5. The summed E-state index contributed by atoms with van der Waals surface area (Å²) < 4.78 is -0.998. The van der Waals surface area contributed by atoms with Gasteiger partial charge in [0.1, 0.15) is 4.75 Å². The van der Waals surface area contributed by atoms with Gasteiger partial charge in [-0.15, -0.1) is 11.8 Å². The Morgan fingerprint density at radius 3 is 2.26 bits per heavy atom. The van der Waals surface area contributed by atoms with Crippen LogP contribution in [0.1, 0.15) is 56.8 Å². The minimum atomic E-state index is -0.998. The molecule has 0 radical (unpaired) electrons. The first kappa shape index (κ1) is 23.4. The van der Waals surface area contributed by atoms with Crippen LogP contribution < -0.4 is 5.32 Å². The van der Waals surface area contributed by atoms with Crippen LogP contribution in [0.2, 0.25) is 0 Å². The lowest BCUT2D eigenvalue weighted by atomic mass is 9.90. The Balaban J connectivity index is 2.16. The van der Waals surface area contributed by atoms with E-state index in [1.54, 1.807) is 0 Å². The third-order valence-electron chi connectivity index (χ3n) is 5.58. The summed E-state index contributed by atoms with van der Waals surface area (Å²) in [6, 6.07) is 15.1. The van der Waals surface area contributed by atoms with E-state index >= 15 is 0 Å². The van der Waals surface area contributed by atoms with E-state index in [1.165, 1.54) is 11.8 Å². The highest BCUT2D eigenvalue weighted by Gasteiger charge is 2.58. The summed E-state index contributed by atoms with van der Waals surface area (Å²) in [5.74, 6) is -0.148. The third-order valence-corrected chi connectivity index (χ3v) is 7.01. The lowest BCUT2D eigenvalue weighted by Gasteiger charge is -2.38. The first-order chi connectivity index (χ1) is 14.7. The number of amides is 2. The lowest BCUT2D eigenvalue weighted by Crippen LogP contribution is -2.50. The largest absolute Gasteiger partial charge is 0.392 e. The van der Waals surface area contributed by atoms with Crippen molar-refractivity contribution < 1.29 is 14.7 Å². The number of aliphatic hydroxyl groups excluding tert-OH is 1. The monoisotopic (exact) mass is 440 g/mol. The predicted octanol–water partition coefficient (Wildman–Crippen LogP) is 4.22. The molecule has 2 aromatic carbocycles. The van der Waals surface area contributed by atoms with E-state index in [-0.39, 0.29) is 36.9 Å². The number of nitrogens with one attached hydrogen (secondary N) is 1. The van der Waals surface area contributed by atoms with Gasteiger partial charge in [-0.3, -0.25) is 9.59 Å². The highest BCUT2D eigenvalue weighted by atomic mass is 32.2. The molecule has 0 saturated carbocycles. The van der Waals surface area contributed by atoms with Gasteiger partial charge in [0.15, 0.2) is 0 Å². The maximum Gasteiger partial charge on any atom is 0.239 e. The molecule has 0 unspecified atom stereocenters. The Kier molecular flexibility index (Phi) is 7.12. The molecule has 5 nitrogen and oxygen atoms in total. The van der Waals surface area contributed by atoms with E-state index in [2.05, 4.69) is 5.32 Å². The molecule has 0 bridgehead atoms. The Labute approximate surface area is 189 Å². The van der Waals surface area contributed by atoms with Crippen molar-refractivity contribution in [2.75, 3.05) is 0 Å². The van der Waals surface area contributed by atoms with Gasteiger partial charge in [0.05, 0.1) is 19.1 Å². The van der Waals surface area contributed by atoms with Gasteiger partial charge in [0.2, 0.25) is 11.8 Å². The molecule has 1 saturated heterocycles. The average molecular weight is 441 g/mol. The Morgan fingerprint density at radius 1 is 1.13 bits per heavy atom. The molecule has 2 amide bonds. The van der Waals surface area contributed by atoms with Crippen LogP contribution in [0.5, 0.6) is 0 Å². The fourth-order valence-corrected chi connectivity index (χ4v) is 5.55. The number of likely N-dealkylation sites (tertiary alicyclic amines) is 1. The summed E-state index contributed by atoms with van der Waals surface area (Å²) in [6.45, 7) is 9.82. The lowest BCUT2D eigenvalue weighted by molar-refractivity contribution is -0.130. The zero-order chi connectivity index (χ0) is 22.8. The second kappa shape index (κ2) is 9.45. The van der Waals surface area contributed by atoms with Crippen LogP contribution in [0.25, 0.3) is 0 Å². The fraction of sp³-hybridized carbons (Fsp3) is 0.440. The van der Waals surface area contributed by atoms with Crippen LogP contribution in [0, 0.1) is 6.92 Å². The van der Waals surface area contributed by atoms with Gasteiger partial charge in [0.25, 0.3) is 0 Å². The fourth-order valence-electron chi connectivity index (χ4n) is 4.15. The van der Waals surface area contributed by atoms with Gasteiger partial charge >= 0.3 is 0 Å². The van der Waals surface area contributed by atoms with Crippen molar-refractivity contribution in [1.82, 2.24) is 10.2 Å². The van der Waals surface area contributed by atoms with Crippen molar-refractivity contribution in [2.24, 2.45) is 0 Å². The first-order valence-corrected chi connectivity index (χ1v) is 11.6. The molecule has 1 fully saturated rings. The number of aliphatic hydroxyl groups is 1. The Bertz CT molecular complexity index is 925. The molecule has 0 aliphatic carbocycles. The number of hydrogen-bond donors (Lipinski definition) is 2. The molecule has 0 aromatic heterocycles. The van der Waals surface area contributed by atoms with Gasteiger partial charge in [-0.1, -0.05) is 42.0 Å². The molecule has 2 N–H and O–H groups in total. The second-order valence-corrected chi connectivity index (χ2v) is 10.2. The van der Waals surface area contributed by atoms with Crippen LogP contribution in [-0.4, -0.2) is 38.7 Å². The van der Waals surface area contributed by atoms with Crippen molar-refractivity contribution in [3.8, 4) is 0 Å². The van der Waals surface area contributed by atoms with E-state index in [0.717, 1.165) is 21.6 Å². The highest BCUT2D eigenvalue weighted by molar-refractivity contribution is 8.01. The SMILES string of the molecule is Cc1ccc(S[C@]2(C(=O)NC(C)C)CC(=O)N(C(C)C)[C@@H]2c2ccc(CO)cc2)cc1. The molecule has 1 heterocycles. The van der Waals surface area contributed by atoms with Crippen molar-refractivity contribution in [2.45, 2.75) is 75.4 Å². The van der Waals surface area contributed by atoms with Crippen LogP contribution in [0.3, 0.4) is 0 Å². The van der Waals surface area contributed by atoms with Crippen molar-refractivity contribution >= 4 is 23.6 Å². The number of nitrogens with zero attached hydrogens (tertiary/aromatic N) is 1. The van der Waals surface area contributed by atoms with Gasteiger partial charge in [-0.25, -0.2) is 0 Å². The number of carbonyl (C=O) groups excluding carboxylic acids is 2. The van der Waals surface area contributed by atoms with E-state index < -0.39 is 10.8 Å². The van der Waals surface area contributed by atoms with Gasteiger partial charge in [0, 0.05) is 17.0 Å². The van der Waals surface area contributed by atoms with Crippen molar-refractivity contribution in [3.63, 3.8) is 0 Å². The van der Waals surface area contributed by atoms with Crippen molar-refractivity contribution in [3.05, 3.63) is 65.2 Å². The van der Waals surface area contributed by atoms with Crippen molar-refractivity contribution in [1.29, 1.82) is 0 Å². The third kappa shape index (κ3) is 4.80. The normalized spacial score (nSPS) is 21.2. The van der Waals surface area contributed by atoms with E-state index in [9.17, 15) is 14.7 Å². The summed E-state index contributed by atoms with van der Waals surface area (Å²) in [7, 11) is 0. The summed E-state index contributed by atoms with van der Waals surface area (Å²) in [4.78, 5) is 29.8. The summed E-state index contributed by atoms with van der Waals surface area (Å²) >= 11 is 1.47. The molecule has 1 aliphatic heterocycles. The predicted molar refractivity (Wildman–Crippen MR) is 125 cm³/mol. The van der Waals surface area contributed by atoms with Crippen LogP contribution >= 0.6 is 11.8 Å². The number of aryl methyl sites for hydroxylation is 1. The number of rotatable bonds is 7. The average Bonchev–Trinajstić information content (AvgIpc) is 3.02. The maximum absolute atomic E-state index is 13.7. The van der Waals surface area contributed by atoms with Crippen LogP contribution in [-0.2, 0) is 16.2 Å². The smallest absolute Gasteiger partial charge is 0.239 e. The highest BCUT2D eigenvalue weighted by Crippen LogP contribution is 2.53. The Morgan fingerprint density at radius 2 is 1.74 bits per heavy atom. The minimum Gasteiger partial charge on any atom is -0.392 e.